The normalized spacial score (nSPS) is 21.2. The number of carbonyl (C=O) groups excluding carboxylic acids is 3. The van der Waals surface area contributed by atoms with Crippen LogP contribution in [0.1, 0.15) is 28.1 Å². The fraction of sp³-hybridized carbons (Fsp3) is 0.286. The summed E-state index contributed by atoms with van der Waals surface area (Å²) in [4.78, 5) is 38.8. The van der Waals surface area contributed by atoms with Crippen LogP contribution in [0.5, 0.6) is 0 Å². The van der Waals surface area contributed by atoms with Crippen LogP contribution in [0.25, 0.3) is 0 Å². The third-order valence-electron chi connectivity index (χ3n) is 5.03. The molecular formula is C21H20N2O4S. The van der Waals surface area contributed by atoms with Gasteiger partial charge in [-0.2, -0.15) is 0 Å². The number of hydrogen-bond donors (Lipinski definition) is 1. The van der Waals surface area contributed by atoms with E-state index in [1.54, 1.807) is 35.6 Å². The zero-order valence-corrected chi connectivity index (χ0v) is 16.0. The summed E-state index contributed by atoms with van der Waals surface area (Å²) in [6, 6.07) is 10.5. The number of rotatable bonds is 5. The van der Waals surface area contributed by atoms with Gasteiger partial charge in [-0.15, -0.1) is 11.3 Å². The highest BCUT2D eigenvalue weighted by Gasteiger charge is 2.42. The molecule has 1 aliphatic heterocycles. The molecule has 6 nitrogen and oxygen atoms in total. The SMILES string of the molecule is O=C(OCCc1cccs1)c1cccc(N2NC(=O)[C@H]3CC=CC[C@@H]3C2=O)c1. The number of anilines is 1. The average Bonchev–Trinajstić information content (AvgIpc) is 3.24. The van der Waals surface area contributed by atoms with Gasteiger partial charge in [-0.1, -0.05) is 24.3 Å². The fourth-order valence-electron chi connectivity index (χ4n) is 3.54. The maximum atomic E-state index is 12.9. The van der Waals surface area contributed by atoms with Gasteiger partial charge in [-0.25, -0.2) is 9.80 Å². The number of ether oxygens (including phenoxy) is 1. The quantitative estimate of drug-likeness (QED) is 0.622. The van der Waals surface area contributed by atoms with Crippen LogP contribution in [0.2, 0.25) is 0 Å². The van der Waals surface area contributed by atoms with Gasteiger partial charge in [-0.3, -0.25) is 15.0 Å². The number of nitrogens with zero attached hydrogens (tertiary/aromatic N) is 1. The van der Waals surface area contributed by atoms with Crippen molar-refractivity contribution >= 4 is 34.8 Å². The van der Waals surface area contributed by atoms with Crippen molar-refractivity contribution in [3.05, 3.63) is 64.4 Å². The van der Waals surface area contributed by atoms with Crippen molar-refractivity contribution in [3.8, 4) is 0 Å². The van der Waals surface area contributed by atoms with E-state index in [4.69, 9.17) is 4.74 Å². The first-order chi connectivity index (χ1) is 13.6. The largest absolute Gasteiger partial charge is 0.462 e. The van der Waals surface area contributed by atoms with E-state index in [1.807, 2.05) is 29.7 Å². The molecule has 0 unspecified atom stereocenters. The van der Waals surface area contributed by atoms with E-state index in [2.05, 4.69) is 5.43 Å². The molecule has 0 saturated carbocycles. The third kappa shape index (κ3) is 3.71. The monoisotopic (exact) mass is 396 g/mol. The maximum Gasteiger partial charge on any atom is 0.338 e. The molecule has 0 radical (unpaired) electrons. The minimum atomic E-state index is -0.451. The zero-order valence-electron chi connectivity index (χ0n) is 15.2. The molecule has 2 atom stereocenters. The van der Waals surface area contributed by atoms with Crippen LogP contribution in [0, 0.1) is 11.8 Å². The number of hydrogen-bond acceptors (Lipinski definition) is 5. The van der Waals surface area contributed by atoms with Crippen molar-refractivity contribution in [1.29, 1.82) is 0 Å². The van der Waals surface area contributed by atoms with Crippen LogP contribution < -0.4 is 10.4 Å². The molecule has 4 rings (SSSR count). The number of esters is 1. The summed E-state index contributed by atoms with van der Waals surface area (Å²) in [5.41, 5.74) is 3.47. The highest BCUT2D eigenvalue weighted by atomic mass is 32.1. The molecule has 2 amide bonds. The topological polar surface area (TPSA) is 75.7 Å². The molecule has 1 aliphatic carbocycles. The highest BCUT2D eigenvalue weighted by molar-refractivity contribution is 7.09. The zero-order chi connectivity index (χ0) is 19.5. The number of amides is 2. The van der Waals surface area contributed by atoms with E-state index in [9.17, 15) is 14.4 Å². The van der Waals surface area contributed by atoms with Gasteiger partial charge in [0.05, 0.1) is 29.7 Å². The van der Waals surface area contributed by atoms with Crippen molar-refractivity contribution < 1.29 is 19.1 Å². The summed E-state index contributed by atoms with van der Waals surface area (Å²) in [5.74, 6) is -1.46. The molecule has 28 heavy (non-hydrogen) atoms. The van der Waals surface area contributed by atoms with E-state index >= 15 is 0 Å². The smallest absolute Gasteiger partial charge is 0.338 e. The first-order valence-electron chi connectivity index (χ1n) is 9.22. The van der Waals surface area contributed by atoms with E-state index < -0.39 is 5.97 Å². The number of nitrogens with one attached hydrogen (secondary N) is 1. The number of benzene rings is 1. The summed E-state index contributed by atoms with van der Waals surface area (Å²) in [6.45, 7) is 0.291. The van der Waals surface area contributed by atoms with E-state index in [0.29, 0.717) is 37.1 Å². The van der Waals surface area contributed by atoms with E-state index in [0.717, 1.165) is 4.88 Å². The lowest BCUT2D eigenvalue weighted by Gasteiger charge is -2.38. The Bertz CT molecular complexity index is 922. The Morgan fingerprint density at radius 3 is 2.75 bits per heavy atom. The molecule has 1 saturated heterocycles. The van der Waals surface area contributed by atoms with Gasteiger partial charge < -0.3 is 4.74 Å². The molecule has 1 fully saturated rings. The highest BCUT2D eigenvalue weighted by Crippen LogP contribution is 2.32. The molecule has 2 heterocycles. The van der Waals surface area contributed by atoms with Crippen molar-refractivity contribution in [2.24, 2.45) is 11.8 Å². The molecule has 7 heteroatoms. The summed E-state index contributed by atoms with van der Waals surface area (Å²) in [5, 5.41) is 3.24. The van der Waals surface area contributed by atoms with Gasteiger partial charge in [0.15, 0.2) is 0 Å². The van der Waals surface area contributed by atoms with Crippen molar-refractivity contribution in [2.75, 3.05) is 11.6 Å². The molecule has 2 aromatic rings. The Balaban J connectivity index is 1.45. The van der Waals surface area contributed by atoms with Gasteiger partial charge >= 0.3 is 5.97 Å². The summed E-state index contributed by atoms with van der Waals surface area (Å²) in [7, 11) is 0. The fourth-order valence-corrected chi connectivity index (χ4v) is 4.23. The molecule has 0 spiro atoms. The molecular weight excluding hydrogens is 376 g/mol. The van der Waals surface area contributed by atoms with Crippen LogP contribution in [0.4, 0.5) is 5.69 Å². The second kappa shape index (κ2) is 7.98. The average molecular weight is 396 g/mol. The lowest BCUT2D eigenvalue weighted by atomic mass is 9.80. The lowest BCUT2D eigenvalue weighted by Crippen LogP contribution is -2.59. The summed E-state index contributed by atoms with van der Waals surface area (Å²) < 4.78 is 5.35. The summed E-state index contributed by atoms with van der Waals surface area (Å²) in [6.07, 6.45) is 5.68. The molecule has 2 aliphatic rings. The molecule has 1 aromatic carbocycles. The van der Waals surface area contributed by atoms with Crippen LogP contribution in [-0.4, -0.2) is 24.4 Å². The van der Waals surface area contributed by atoms with Crippen molar-refractivity contribution in [1.82, 2.24) is 5.43 Å². The Morgan fingerprint density at radius 2 is 1.96 bits per heavy atom. The van der Waals surface area contributed by atoms with Crippen LogP contribution in [0.15, 0.2) is 53.9 Å². The first kappa shape index (κ1) is 18.4. The number of fused-ring (bicyclic) bond motifs is 1. The first-order valence-corrected chi connectivity index (χ1v) is 10.1. The number of carbonyl (C=O) groups is 3. The lowest BCUT2D eigenvalue weighted by molar-refractivity contribution is -0.139. The molecule has 1 aromatic heterocycles. The number of allylic oxidation sites excluding steroid dienone is 2. The predicted molar refractivity (Wildman–Crippen MR) is 106 cm³/mol. The van der Waals surface area contributed by atoms with Gasteiger partial charge in [-0.05, 0) is 42.5 Å². The second-order valence-corrected chi connectivity index (χ2v) is 7.85. The Hall–Kier alpha value is -2.93. The Labute approximate surface area is 166 Å². The van der Waals surface area contributed by atoms with E-state index in [-0.39, 0.29) is 23.7 Å². The molecule has 0 bridgehead atoms. The van der Waals surface area contributed by atoms with Crippen molar-refractivity contribution in [3.63, 3.8) is 0 Å². The van der Waals surface area contributed by atoms with Crippen LogP contribution in [-0.2, 0) is 20.7 Å². The Kier molecular flexibility index (Phi) is 5.25. The second-order valence-electron chi connectivity index (χ2n) is 6.82. The number of hydrazine groups is 1. The maximum absolute atomic E-state index is 12.9. The minimum Gasteiger partial charge on any atom is -0.462 e. The van der Waals surface area contributed by atoms with E-state index in [1.165, 1.54) is 5.01 Å². The van der Waals surface area contributed by atoms with Gasteiger partial charge in [0.2, 0.25) is 11.8 Å². The van der Waals surface area contributed by atoms with Gasteiger partial charge in [0.1, 0.15) is 0 Å². The summed E-state index contributed by atoms with van der Waals surface area (Å²) >= 11 is 1.62. The van der Waals surface area contributed by atoms with Crippen molar-refractivity contribution in [2.45, 2.75) is 19.3 Å². The number of thiophene rings is 1. The molecule has 144 valence electrons. The van der Waals surface area contributed by atoms with Gasteiger partial charge in [0, 0.05) is 11.3 Å². The van der Waals surface area contributed by atoms with Crippen LogP contribution in [0.3, 0.4) is 0 Å². The van der Waals surface area contributed by atoms with Gasteiger partial charge in [0.25, 0.3) is 0 Å². The van der Waals surface area contributed by atoms with Crippen LogP contribution >= 0.6 is 11.3 Å². The minimum absolute atomic E-state index is 0.155. The third-order valence-corrected chi connectivity index (χ3v) is 5.97. The standard InChI is InChI=1S/C21H20N2O4S/c24-19-17-8-1-2-9-18(17)20(25)23(22-19)15-6-3-5-14(13-15)21(26)27-11-10-16-7-4-12-28-16/h1-7,12-13,17-18H,8-11H2,(H,22,24)/t17-,18-/m0/s1. The predicted octanol–water partition coefficient (Wildman–Crippen LogP) is 3.11. The Morgan fingerprint density at radius 1 is 1.14 bits per heavy atom. The molecule has 1 N–H and O–H groups in total.